The predicted octanol–water partition coefficient (Wildman–Crippen LogP) is 0.967. The lowest BCUT2D eigenvalue weighted by atomic mass is 10.4. The van der Waals surface area contributed by atoms with Gasteiger partial charge in [0.15, 0.2) is 0 Å². The number of sulfone groups is 1. The Labute approximate surface area is 97.7 Å². The summed E-state index contributed by atoms with van der Waals surface area (Å²) in [5, 5.41) is 18.2. The zero-order valence-electron chi connectivity index (χ0n) is 8.90. The molecule has 0 unspecified atom stereocenters. The molecule has 0 aliphatic carbocycles. The van der Waals surface area contributed by atoms with Crippen LogP contribution < -0.4 is 0 Å². The van der Waals surface area contributed by atoms with Crippen molar-refractivity contribution in [2.24, 2.45) is 0 Å². The maximum atomic E-state index is 12.1. The fourth-order valence-corrected chi connectivity index (χ4v) is 2.63. The molecule has 1 aromatic carbocycles. The first-order chi connectivity index (χ1) is 7.94. The summed E-state index contributed by atoms with van der Waals surface area (Å²) in [7, 11) is -3.93. The van der Waals surface area contributed by atoms with E-state index in [-0.39, 0.29) is 10.6 Å². The SMILES string of the molecule is Cc1c(O)nc(S(=O)(=O)c2ccccc2)n1O. The molecule has 2 rings (SSSR count). The first kappa shape index (κ1) is 11.5. The second kappa shape index (κ2) is 3.77. The molecule has 7 heteroatoms. The van der Waals surface area contributed by atoms with Crippen LogP contribution in [-0.4, -0.2) is 28.4 Å². The monoisotopic (exact) mass is 254 g/mol. The van der Waals surface area contributed by atoms with Gasteiger partial charge in [-0.25, -0.2) is 8.42 Å². The maximum absolute atomic E-state index is 12.1. The quantitative estimate of drug-likeness (QED) is 0.779. The third-order valence-electron chi connectivity index (χ3n) is 2.32. The second-order valence-corrected chi connectivity index (χ2v) is 5.28. The highest BCUT2D eigenvalue weighted by molar-refractivity contribution is 7.91. The van der Waals surface area contributed by atoms with Gasteiger partial charge in [0.2, 0.25) is 15.7 Å². The number of hydrogen-bond acceptors (Lipinski definition) is 5. The molecule has 17 heavy (non-hydrogen) atoms. The van der Waals surface area contributed by atoms with E-state index >= 15 is 0 Å². The molecule has 2 N–H and O–H groups in total. The Morgan fingerprint density at radius 1 is 1.24 bits per heavy atom. The molecule has 0 bridgehead atoms. The van der Waals surface area contributed by atoms with Crippen LogP contribution in [0.2, 0.25) is 0 Å². The van der Waals surface area contributed by atoms with Crippen LogP contribution >= 0.6 is 0 Å². The van der Waals surface area contributed by atoms with Crippen molar-refractivity contribution < 1.29 is 18.7 Å². The average Bonchev–Trinajstić information content (AvgIpc) is 2.59. The first-order valence-electron chi connectivity index (χ1n) is 4.72. The number of aromatic nitrogens is 2. The summed E-state index contributed by atoms with van der Waals surface area (Å²) in [5.41, 5.74) is -0.0282. The first-order valence-corrected chi connectivity index (χ1v) is 6.20. The molecular formula is C10H10N2O4S. The van der Waals surface area contributed by atoms with Gasteiger partial charge < -0.3 is 10.3 Å². The molecule has 0 aliphatic heterocycles. The van der Waals surface area contributed by atoms with Gasteiger partial charge in [-0.1, -0.05) is 18.2 Å². The van der Waals surface area contributed by atoms with Crippen LogP contribution in [0, 0.1) is 6.92 Å². The Bertz CT molecular complexity index is 646. The number of benzene rings is 1. The lowest BCUT2D eigenvalue weighted by molar-refractivity contribution is 0.151. The van der Waals surface area contributed by atoms with Gasteiger partial charge in [-0.3, -0.25) is 0 Å². The zero-order chi connectivity index (χ0) is 12.6. The molecule has 6 nitrogen and oxygen atoms in total. The summed E-state index contributed by atoms with van der Waals surface area (Å²) >= 11 is 0. The molecule has 1 heterocycles. The maximum Gasteiger partial charge on any atom is 0.269 e. The Morgan fingerprint density at radius 3 is 2.29 bits per heavy atom. The summed E-state index contributed by atoms with van der Waals surface area (Å²) in [5.74, 6) is -0.512. The second-order valence-electron chi connectivity index (χ2n) is 3.43. The van der Waals surface area contributed by atoms with Gasteiger partial charge in [0.1, 0.15) is 5.69 Å². The van der Waals surface area contributed by atoms with Crippen molar-refractivity contribution in [1.29, 1.82) is 0 Å². The highest BCUT2D eigenvalue weighted by Gasteiger charge is 2.27. The van der Waals surface area contributed by atoms with Crippen LogP contribution in [0.15, 0.2) is 40.4 Å². The van der Waals surface area contributed by atoms with Gasteiger partial charge in [-0.05, 0) is 19.1 Å². The van der Waals surface area contributed by atoms with Gasteiger partial charge in [0.25, 0.3) is 5.16 Å². The number of nitrogens with zero attached hydrogens (tertiary/aromatic N) is 2. The number of aromatic hydroxyl groups is 1. The lowest BCUT2D eigenvalue weighted by Crippen LogP contribution is -2.10. The van der Waals surface area contributed by atoms with Crippen molar-refractivity contribution in [1.82, 2.24) is 9.71 Å². The van der Waals surface area contributed by atoms with Crippen molar-refractivity contribution in [2.75, 3.05) is 0 Å². The van der Waals surface area contributed by atoms with Gasteiger partial charge >= 0.3 is 0 Å². The molecule has 90 valence electrons. The largest absolute Gasteiger partial charge is 0.492 e. The van der Waals surface area contributed by atoms with Crippen LogP contribution in [0.4, 0.5) is 0 Å². The van der Waals surface area contributed by atoms with E-state index in [1.165, 1.54) is 19.1 Å². The third kappa shape index (κ3) is 1.74. The minimum atomic E-state index is -3.93. The molecule has 2 aromatic rings. The molecule has 0 atom stereocenters. The molecule has 1 aromatic heterocycles. The Kier molecular flexibility index (Phi) is 2.55. The van der Waals surface area contributed by atoms with E-state index in [0.717, 1.165) is 0 Å². The third-order valence-corrected chi connectivity index (χ3v) is 3.96. The Hall–Kier alpha value is -2.02. The molecular weight excluding hydrogens is 244 g/mol. The van der Waals surface area contributed by atoms with Crippen molar-refractivity contribution >= 4 is 9.84 Å². The van der Waals surface area contributed by atoms with E-state index < -0.39 is 20.9 Å². The van der Waals surface area contributed by atoms with Crippen molar-refractivity contribution in [3.8, 4) is 5.88 Å². The van der Waals surface area contributed by atoms with Crippen LogP contribution in [0.25, 0.3) is 0 Å². The molecule has 0 fully saturated rings. The van der Waals surface area contributed by atoms with Crippen molar-refractivity contribution in [2.45, 2.75) is 17.0 Å². The van der Waals surface area contributed by atoms with Crippen molar-refractivity contribution in [3.63, 3.8) is 0 Å². The summed E-state index contributed by atoms with van der Waals surface area (Å²) in [4.78, 5) is 3.44. The summed E-state index contributed by atoms with van der Waals surface area (Å²) in [6.45, 7) is 1.35. The minimum Gasteiger partial charge on any atom is -0.492 e. The van der Waals surface area contributed by atoms with Crippen LogP contribution in [0.1, 0.15) is 5.69 Å². The topological polar surface area (TPSA) is 92.4 Å². The van der Waals surface area contributed by atoms with Gasteiger partial charge in [0, 0.05) is 0 Å². The summed E-state index contributed by atoms with van der Waals surface area (Å²) in [6.07, 6.45) is 0. The van der Waals surface area contributed by atoms with E-state index in [1.54, 1.807) is 18.2 Å². The smallest absolute Gasteiger partial charge is 0.269 e. The summed E-state index contributed by atoms with van der Waals surface area (Å²) in [6, 6.07) is 7.56. The number of hydrogen-bond donors (Lipinski definition) is 2. The predicted molar refractivity (Wildman–Crippen MR) is 57.7 cm³/mol. The average molecular weight is 254 g/mol. The zero-order valence-corrected chi connectivity index (χ0v) is 9.72. The lowest BCUT2D eigenvalue weighted by Gasteiger charge is -2.02. The van der Waals surface area contributed by atoms with E-state index in [4.69, 9.17) is 0 Å². The Balaban J connectivity index is 2.65. The summed E-state index contributed by atoms with van der Waals surface area (Å²) < 4.78 is 24.5. The minimum absolute atomic E-state index is 0.000278. The fourth-order valence-electron chi connectivity index (χ4n) is 1.34. The molecule has 0 spiro atoms. The van der Waals surface area contributed by atoms with Gasteiger partial charge in [-0.15, -0.1) is 0 Å². The van der Waals surface area contributed by atoms with E-state index in [2.05, 4.69) is 4.98 Å². The molecule has 0 aliphatic rings. The van der Waals surface area contributed by atoms with Crippen LogP contribution in [-0.2, 0) is 9.84 Å². The van der Waals surface area contributed by atoms with E-state index in [1.807, 2.05) is 0 Å². The normalized spacial score (nSPS) is 11.6. The Morgan fingerprint density at radius 2 is 1.82 bits per heavy atom. The standard InChI is InChI=1S/C10H10N2O4S/c1-7-9(13)11-10(12(7)14)17(15,16)8-5-3-2-4-6-8/h2-6,13-14H,1H3. The highest BCUT2D eigenvalue weighted by Crippen LogP contribution is 2.24. The van der Waals surface area contributed by atoms with E-state index in [0.29, 0.717) is 4.73 Å². The van der Waals surface area contributed by atoms with Crippen LogP contribution in [0.5, 0.6) is 5.88 Å². The highest BCUT2D eigenvalue weighted by atomic mass is 32.2. The van der Waals surface area contributed by atoms with Gasteiger partial charge in [-0.2, -0.15) is 9.71 Å². The van der Waals surface area contributed by atoms with Crippen molar-refractivity contribution in [3.05, 3.63) is 36.0 Å². The molecule has 0 amide bonds. The fraction of sp³-hybridized carbons (Fsp3) is 0.100. The van der Waals surface area contributed by atoms with E-state index in [9.17, 15) is 18.7 Å². The van der Waals surface area contributed by atoms with Gasteiger partial charge in [0.05, 0.1) is 4.90 Å². The molecule has 0 saturated carbocycles. The van der Waals surface area contributed by atoms with Crippen LogP contribution in [0.3, 0.4) is 0 Å². The number of imidazole rings is 1. The number of rotatable bonds is 2. The molecule has 0 saturated heterocycles. The molecule has 0 radical (unpaired) electrons.